The maximum Gasteiger partial charge on any atom is 0.282 e. The molecule has 2 aliphatic rings. The van der Waals surface area contributed by atoms with Gasteiger partial charge in [-0.15, -0.1) is 0 Å². The molecule has 10 heteroatoms. The van der Waals surface area contributed by atoms with Crippen LogP contribution in [0.15, 0.2) is 36.4 Å². The van der Waals surface area contributed by atoms with Crippen LogP contribution in [-0.4, -0.2) is 40.9 Å². The number of carbonyl (C=O) groups is 3. The van der Waals surface area contributed by atoms with Crippen molar-refractivity contribution in [2.24, 2.45) is 0 Å². The molecule has 10 nitrogen and oxygen atoms in total. The van der Waals surface area contributed by atoms with Crippen molar-refractivity contribution in [2.45, 2.75) is 13.0 Å². The first-order valence-corrected chi connectivity index (χ1v) is 8.74. The van der Waals surface area contributed by atoms with Gasteiger partial charge in [0, 0.05) is 25.6 Å². The first kappa shape index (κ1) is 18.4. The zero-order chi connectivity index (χ0) is 20.5. The fourth-order valence-electron chi connectivity index (χ4n) is 3.22. The number of hydrogen-bond donors (Lipinski definition) is 1. The quantitative estimate of drug-likeness (QED) is 0.446. The lowest BCUT2D eigenvalue weighted by atomic mass is 10.1. The van der Waals surface area contributed by atoms with Crippen LogP contribution in [-0.2, 0) is 11.3 Å². The number of imide groups is 1. The Hall–Kier alpha value is -3.95. The van der Waals surface area contributed by atoms with Crippen molar-refractivity contribution in [3.8, 4) is 11.5 Å². The lowest BCUT2D eigenvalue weighted by Crippen LogP contribution is -2.34. The second-order valence-electron chi connectivity index (χ2n) is 6.43. The molecule has 0 unspecified atom stereocenters. The van der Waals surface area contributed by atoms with E-state index in [1.807, 2.05) is 0 Å². The molecule has 148 valence electrons. The number of ether oxygens (including phenoxy) is 2. The Labute approximate surface area is 164 Å². The summed E-state index contributed by atoms with van der Waals surface area (Å²) in [6.07, 6.45) is -0.121. The maximum absolute atomic E-state index is 12.5. The summed E-state index contributed by atoms with van der Waals surface area (Å²) in [6.45, 7) is 0.225. The van der Waals surface area contributed by atoms with Gasteiger partial charge >= 0.3 is 0 Å². The zero-order valence-electron chi connectivity index (χ0n) is 15.0. The molecule has 2 aromatic carbocycles. The molecule has 0 fully saturated rings. The van der Waals surface area contributed by atoms with Gasteiger partial charge in [0.2, 0.25) is 12.7 Å². The number of nitro benzene ring substituents is 1. The Morgan fingerprint density at radius 2 is 1.93 bits per heavy atom. The monoisotopic (exact) mass is 397 g/mol. The molecule has 2 aliphatic heterocycles. The van der Waals surface area contributed by atoms with Crippen molar-refractivity contribution in [3.05, 3.63) is 63.2 Å². The fraction of sp³-hybridized carbons (Fsp3) is 0.211. The maximum atomic E-state index is 12.5. The molecule has 1 N–H and O–H groups in total. The number of nitro groups is 1. The molecule has 0 bridgehead atoms. The van der Waals surface area contributed by atoms with Crippen LogP contribution in [0, 0.1) is 10.1 Å². The first-order chi connectivity index (χ1) is 14.0. The van der Waals surface area contributed by atoms with Gasteiger partial charge in [-0.2, -0.15) is 0 Å². The van der Waals surface area contributed by atoms with Gasteiger partial charge in [0.25, 0.3) is 17.5 Å². The Kier molecular flexibility index (Phi) is 4.59. The van der Waals surface area contributed by atoms with E-state index in [0.29, 0.717) is 11.5 Å². The van der Waals surface area contributed by atoms with E-state index >= 15 is 0 Å². The molecule has 0 atom stereocenters. The van der Waals surface area contributed by atoms with E-state index in [9.17, 15) is 24.5 Å². The standard InChI is InChI=1S/C19H15N3O7/c23-16(20-9-11-4-5-14-15(8-11)29-10-28-14)6-7-21-18(24)12-2-1-3-13(22(26)27)17(12)19(21)25/h1-5,8H,6-7,9-10H2,(H,20,23). The average molecular weight is 397 g/mol. The van der Waals surface area contributed by atoms with Gasteiger partial charge in [-0.25, -0.2) is 0 Å². The summed E-state index contributed by atoms with van der Waals surface area (Å²) in [5.41, 5.74) is 0.128. The highest BCUT2D eigenvalue weighted by Crippen LogP contribution is 2.32. The van der Waals surface area contributed by atoms with Crippen molar-refractivity contribution < 1.29 is 28.8 Å². The average Bonchev–Trinajstić information content (AvgIpc) is 3.27. The minimum Gasteiger partial charge on any atom is -0.454 e. The van der Waals surface area contributed by atoms with Crippen molar-refractivity contribution in [1.82, 2.24) is 10.2 Å². The summed E-state index contributed by atoms with van der Waals surface area (Å²) in [4.78, 5) is 48.3. The van der Waals surface area contributed by atoms with Crippen LogP contribution in [0.3, 0.4) is 0 Å². The highest BCUT2D eigenvalue weighted by Gasteiger charge is 2.40. The van der Waals surface area contributed by atoms with E-state index in [4.69, 9.17) is 9.47 Å². The number of hydrogen-bond acceptors (Lipinski definition) is 7. The minimum atomic E-state index is -0.763. The smallest absolute Gasteiger partial charge is 0.282 e. The van der Waals surface area contributed by atoms with Crippen LogP contribution >= 0.6 is 0 Å². The predicted octanol–water partition coefficient (Wildman–Crippen LogP) is 1.63. The summed E-state index contributed by atoms with van der Waals surface area (Å²) in [5.74, 6) is -0.531. The zero-order valence-corrected chi connectivity index (χ0v) is 15.0. The van der Waals surface area contributed by atoms with Crippen molar-refractivity contribution >= 4 is 23.4 Å². The van der Waals surface area contributed by atoms with Gasteiger partial charge in [-0.1, -0.05) is 12.1 Å². The Morgan fingerprint density at radius 1 is 1.14 bits per heavy atom. The third kappa shape index (κ3) is 3.35. The van der Waals surface area contributed by atoms with Crippen molar-refractivity contribution in [2.75, 3.05) is 13.3 Å². The van der Waals surface area contributed by atoms with Crippen LogP contribution in [0.1, 0.15) is 32.7 Å². The van der Waals surface area contributed by atoms with E-state index in [2.05, 4.69) is 5.32 Å². The molecule has 0 saturated carbocycles. The molecule has 0 spiro atoms. The van der Waals surface area contributed by atoms with Crippen LogP contribution in [0.2, 0.25) is 0 Å². The molecule has 2 heterocycles. The molecule has 0 aliphatic carbocycles. The summed E-state index contributed by atoms with van der Waals surface area (Å²) < 4.78 is 10.5. The number of fused-ring (bicyclic) bond motifs is 2. The van der Waals surface area contributed by atoms with E-state index in [1.165, 1.54) is 18.2 Å². The molecule has 0 aromatic heterocycles. The minimum absolute atomic E-state index is 0.0232. The number of benzene rings is 2. The van der Waals surface area contributed by atoms with Crippen LogP contribution in [0.5, 0.6) is 11.5 Å². The highest BCUT2D eigenvalue weighted by molar-refractivity contribution is 6.23. The summed E-state index contributed by atoms with van der Waals surface area (Å²) in [5, 5.41) is 13.8. The Morgan fingerprint density at radius 3 is 2.72 bits per heavy atom. The molecule has 0 radical (unpaired) electrons. The predicted molar refractivity (Wildman–Crippen MR) is 97.5 cm³/mol. The highest BCUT2D eigenvalue weighted by atomic mass is 16.7. The third-order valence-corrected chi connectivity index (χ3v) is 4.66. The Bertz CT molecular complexity index is 1050. The van der Waals surface area contributed by atoms with Gasteiger partial charge < -0.3 is 14.8 Å². The molecule has 0 saturated heterocycles. The Balaban J connectivity index is 1.36. The summed E-state index contributed by atoms with van der Waals surface area (Å²) in [6, 6.07) is 9.18. The van der Waals surface area contributed by atoms with E-state index < -0.39 is 22.4 Å². The lowest BCUT2D eigenvalue weighted by Gasteiger charge is -2.13. The molecule has 4 rings (SSSR count). The van der Waals surface area contributed by atoms with Gasteiger partial charge in [0.05, 0.1) is 10.5 Å². The second kappa shape index (κ2) is 7.23. The number of nitrogens with zero attached hydrogens (tertiary/aromatic N) is 2. The van der Waals surface area contributed by atoms with Gasteiger partial charge in [0.1, 0.15) is 5.56 Å². The van der Waals surface area contributed by atoms with Crippen molar-refractivity contribution in [3.63, 3.8) is 0 Å². The second-order valence-corrected chi connectivity index (χ2v) is 6.43. The van der Waals surface area contributed by atoms with Gasteiger partial charge in [-0.05, 0) is 23.8 Å². The molecule has 3 amide bonds. The first-order valence-electron chi connectivity index (χ1n) is 8.74. The largest absolute Gasteiger partial charge is 0.454 e. The number of amides is 3. The van der Waals surface area contributed by atoms with Crippen LogP contribution < -0.4 is 14.8 Å². The van der Waals surface area contributed by atoms with E-state index in [0.717, 1.165) is 10.5 Å². The molecular formula is C19H15N3O7. The third-order valence-electron chi connectivity index (χ3n) is 4.66. The number of nitrogens with one attached hydrogen (secondary N) is 1. The molecule has 29 heavy (non-hydrogen) atoms. The molecular weight excluding hydrogens is 382 g/mol. The molecule has 2 aromatic rings. The van der Waals surface area contributed by atoms with Crippen LogP contribution in [0.25, 0.3) is 0 Å². The summed E-state index contributed by atoms with van der Waals surface area (Å²) in [7, 11) is 0. The number of carbonyl (C=O) groups excluding carboxylic acids is 3. The topological polar surface area (TPSA) is 128 Å². The van der Waals surface area contributed by atoms with E-state index in [1.54, 1.807) is 18.2 Å². The number of rotatable bonds is 6. The van der Waals surface area contributed by atoms with Crippen molar-refractivity contribution in [1.29, 1.82) is 0 Å². The van der Waals surface area contributed by atoms with Gasteiger partial charge in [-0.3, -0.25) is 29.4 Å². The summed E-state index contributed by atoms with van der Waals surface area (Å²) >= 11 is 0. The van der Waals surface area contributed by atoms with E-state index in [-0.39, 0.29) is 43.3 Å². The van der Waals surface area contributed by atoms with Gasteiger partial charge in [0.15, 0.2) is 11.5 Å². The SMILES string of the molecule is O=C(CCN1C(=O)c2cccc([N+](=O)[O-])c2C1=O)NCc1ccc2c(c1)OCO2. The lowest BCUT2D eigenvalue weighted by molar-refractivity contribution is -0.385. The normalized spacial score (nSPS) is 14.1. The fourth-order valence-corrected chi connectivity index (χ4v) is 3.22. The van der Waals surface area contributed by atoms with Crippen LogP contribution in [0.4, 0.5) is 5.69 Å².